The third-order valence-electron chi connectivity index (χ3n) is 7.57. The summed E-state index contributed by atoms with van der Waals surface area (Å²) in [6, 6.07) is 16.6. The molecule has 0 radical (unpaired) electrons. The number of likely N-dealkylation sites (tertiary alicyclic amines) is 1. The molecule has 1 N–H and O–H groups in total. The van der Waals surface area contributed by atoms with E-state index in [-0.39, 0.29) is 11.4 Å². The van der Waals surface area contributed by atoms with Crippen LogP contribution >= 0.6 is 0 Å². The first-order valence-electron chi connectivity index (χ1n) is 13.5. The number of aromatic carboxylic acids is 1. The Labute approximate surface area is 232 Å². The van der Waals surface area contributed by atoms with Crippen LogP contribution in [0.1, 0.15) is 42.1 Å². The van der Waals surface area contributed by atoms with Crippen molar-refractivity contribution < 1.29 is 33.3 Å². The number of hydrogen-bond acceptors (Lipinski definition) is 6. The quantitative estimate of drug-likeness (QED) is 0.371. The second-order valence-electron chi connectivity index (χ2n) is 10.2. The Morgan fingerprint density at radius 2 is 1.77 bits per heavy atom. The average molecular weight is 549 g/mol. The Morgan fingerprint density at radius 3 is 2.45 bits per heavy atom. The van der Waals surface area contributed by atoms with Crippen molar-refractivity contribution in [2.24, 2.45) is 0 Å². The van der Waals surface area contributed by atoms with E-state index in [4.69, 9.17) is 19.3 Å². The first-order valence-corrected chi connectivity index (χ1v) is 13.5. The van der Waals surface area contributed by atoms with Gasteiger partial charge in [-0.2, -0.15) is 0 Å². The van der Waals surface area contributed by atoms with Crippen molar-refractivity contribution >= 4 is 17.7 Å². The fourth-order valence-corrected chi connectivity index (χ4v) is 5.57. The fourth-order valence-electron chi connectivity index (χ4n) is 5.57. The van der Waals surface area contributed by atoms with Gasteiger partial charge < -0.3 is 19.3 Å². The number of hydrogen-bond donors (Lipinski definition) is 1. The molecule has 40 heavy (non-hydrogen) atoms. The van der Waals surface area contributed by atoms with Crippen LogP contribution in [0.5, 0.6) is 11.5 Å². The molecule has 210 valence electrons. The van der Waals surface area contributed by atoms with Crippen LogP contribution in [0.2, 0.25) is 0 Å². The summed E-state index contributed by atoms with van der Waals surface area (Å²) in [5.41, 5.74) is 2.85. The maximum Gasteiger partial charge on any atom is 0.415 e. The van der Waals surface area contributed by atoms with Gasteiger partial charge in [0.2, 0.25) is 0 Å². The third-order valence-corrected chi connectivity index (χ3v) is 7.57. The van der Waals surface area contributed by atoms with Crippen LogP contribution in [-0.4, -0.2) is 61.0 Å². The summed E-state index contributed by atoms with van der Waals surface area (Å²) in [6.45, 7) is 5.09. The zero-order chi connectivity index (χ0) is 28.3. The summed E-state index contributed by atoms with van der Waals surface area (Å²) in [4.78, 5) is 27.9. The van der Waals surface area contributed by atoms with Gasteiger partial charge in [0.25, 0.3) is 0 Å². The summed E-state index contributed by atoms with van der Waals surface area (Å²) in [5.74, 6) is 0.0347. The zero-order valence-electron chi connectivity index (χ0n) is 22.7. The van der Waals surface area contributed by atoms with E-state index >= 15 is 0 Å². The number of carboxylic acid groups (broad SMARTS) is 1. The third kappa shape index (κ3) is 5.74. The molecule has 8 nitrogen and oxygen atoms in total. The van der Waals surface area contributed by atoms with E-state index in [2.05, 4.69) is 4.90 Å². The lowest BCUT2D eigenvalue weighted by molar-refractivity contribution is 0.0442. The number of carbonyl (C=O) groups is 2. The lowest BCUT2D eigenvalue weighted by atomic mass is 9.94. The number of rotatable bonds is 8. The number of carboxylic acids is 1. The van der Waals surface area contributed by atoms with E-state index in [0.29, 0.717) is 43.3 Å². The number of amides is 1. The molecule has 9 heteroatoms. The highest BCUT2D eigenvalue weighted by Gasteiger charge is 2.46. The van der Waals surface area contributed by atoms with Gasteiger partial charge >= 0.3 is 12.1 Å². The standard InChI is InChI=1S/C31H33FN2O6/c1-3-39-27-18-21(17-26(38-2)28(27)22-5-9-24(32)10-6-22)19-33-15-4-13-31(14-16-33)20-34(30(37)40-31)25-11-7-23(8-12-25)29(35)36/h5-12,17-18H,3-4,13-16,19-20H2,1-2H3,(H,35,36). The number of methoxy groups -OCH3 is 1. The molecule has 0 saturated carbocycles. The molecule has 2 heterocycles. The van der Waals surface area contributed by atoms with E-state index in [1.54, 1.807) is 36.3 Å². The first-order chi connectivity index (χ1) is 19.3. The van der Waals surface area contributed by atoms with Crippen molar-refractivity contribution in [2.45, 2.75) is 38.3 Å². The van der Waals surface area contributed by atoms with E-state index in [1.165, 1.54) is 24.3 Å². The van der Waals surface area contributed by atoms with E-state index in [1.807, 2.05) is 19.1 Å². The van der Waals surface area contributed by atoms with Gasteiger partial charge in [-0.05, 0) is 86.0 Å². The van der Waals surface area contributed by atoms with Crippen LogP contribution in [0.15, 0.2) is 60.7 Å². The second kappa shape index (κ2) is 11.6. The van der Waals surface area contributed by atoms with Gasteiger partial charge in [-0.3, -0.25) is 9.80 Å². The van der Waals surface area contributed by atoms with Crippen LogP contribution in [0.25, 0.3) is 11.1 Å². The summed E-state index contributed by atoms with van der Waals surface area (Å²) >= 11 is 0. The van der Waals surface area contributed by atoms with E-state index < -0.39 is 17.7 Å². The number of halogens is 1. The molecule has 3 aromatic carbocycles. The minimum absolute atomic E-state index is 0.172. The van der Waals surface area contributed by atoms with E-state index in [9.17, 15) is 14.0 Å². The Kier molecular flexibility index (Phi) is 7.93. The van der Waals surface area contributed by atoms with Gasteiger partial charge in [-0.1, -0.05) is 12.1 Å². The highest BCUT2D eigenvalue weighted by molar-refractivity contribution is 5.92. The first kappa shape index (κ1) is 27.5. The second-order valence-corrected chi connectivity index (χ2v) is 10.2. The van der Waals surface area contributed by atoms with Crippen LogP contribution in [0, 0.1) is 5.82 Å². The monoisotopic (exact) mass is 548 g/mol. The van der Waals surface area contributed by atoms with Crippen LogP contribution in [0.3, 0.4) is 0 Å². The highest BCUT2D eigenvalue weighted by atomic mass is 19.1. The van der Waals surface area contributed by atoms with Gasteiger partial charge in [0.1, 0.15) is 22.9 Å². The van der Waals surface area contributed by atoms with Crippen molar-refractivity contribution in [3.63, 3.8) is 0 Å². The number of nitrogens with zero attached hydrogens (tertiary/aromatic N) is 2. The molecule has 0 aliphatic carbocycles. The van der Waals surface area contributed by atoms with Gasteiger partial charge in [-0.15, -0.1) is 0 Å². The fraction of sp³-hybridized carbons (Fsp3) is 0.355. The molecule has 0 bridgehead atoms. The molecule has 2 aliphatic heterocycles. The maximum absolute atomic E-state index is 13.6. The highest BCUT2D eigenvalue weighted by Crippen LogP contribution is 2.41. The summed E-state index contributed by atoms with van der Waals surface area (Å²) < 4.78 is 31.2. The predicted molar refractivity (Wildman–Crippen MR) is 149 cm³/mol. The smallest absolute Gasteiger partial charge is 0.415 e. The SMILES string of the molecule is CCOc1cc(CN2CCCC3(CC2)CN(c2ccc(C(=O)O)cc2)C(=O)O3)cc(OC)c1-c1ccc(F)cc1. The average Bonchev–Trinajstić information content (AvgIpc) is 3.15. The lowest BCUT2D eigenvalue weighted by Crippen LogP contribution is -2.36. The summed E-state index contributed by atoms with van der Waals surface area (Å²) in [6.07, 6.45) is 1.89. The zero-order valence-corrected chi connectivity index (χ0v) is 22.7. The molecular weight excluding hydrogens is 515 g/mol. The number of carbonyl (C=O) groups excluding carboxylic acids is 1. The molecule has 2 saturated heterocycles. The van der Waals surface area contributed by atoms with Gasteiger partial charge in [0, 0.05) is 25.2 Å². The molecule has 2 aliphatic rings. The lowest BCUT2D eigenvalue weighted by Gasteiger charge is -2.26. The minimum Gasteiger partial charge on any atom is -0.496 e. The van der Waals surface area contributed by atoms with Gasteiger partial charge in [-0.25, -0.2) is 14.0 Å². The van der Waals surface area contributed by atoms with Crippen molar-refractivity contribution in [2.75, 3.05) is 38.3 Å². The molecule has 3 aromatic rings. The summed E-state index contributed by atoms with van der Waals surface area (Å²) in [7, 11) is 1.62. The molecular formula is C31H33FN2O6. The molecule has 0 aromatic heterocycles. The largest absolute Gasteiger partial charge is 0.496 e. The molecule has 5 rings (SSSR count). The van der Waals surface area contributed by atoms with Gasteiger partial charge in [0.15, 0.2) is 0 Å². The maximum atomic E-state index is 13.6. The van der Waals surface area contributed by atoms with Crippen molar-refractivity contribution in [3.05, 3.63) is 77.6 Å². The number of ether oxygens (including phenoxy) is 3. The number of anilines is 1. The predicted octanol–water partition coefficient (Wildman–Crippen LogP) is 5.98. The Morgan fingerprint density at radius 1 is 1.05 bits per heavy atom. The Bertz CT molecular complexity index is 1380. The normalized spacial score (nSPS) is 19.4. The molecule has 1 atom stereocenters. The molecule has 1 spiro atoms. The van der Waals surface area contributed by atoms with Crippen molar-refractivity contribution in [1.82, 2.24) is 4.90 Å². The molecule has 1 amide bonds. The van der Waals surface area contributed by atoms with Crippen molar-refractivity contribution in [1.29, 1.82) is 0 Å². The minimum atomic E-state index is -1.01. The van der Waals surface area contributed by atoms with Crippen LogP contribution in [-0.2, 0) is 11.3 Å². The topological polar surface area (TPSA) is 88.5 Å². The molecule has 2 fully saturated rings. The van der Waals surface area contributed by atoms with Crippen LogP contribution < -0.4 is 14.4 Å². The number of benzene rings is 3. The van der Waals surface area contributed by atoms with Crippen molar-refractivity contribution in [3.8, 4) is 22.6 Å². The van der Waals surface area contributed by atoms with Gasteiger partial charge in [0.05, 0.1) is 31.4 Å². The Hall–Kier alpha value is -4.11. The van der Waals surface area contributed by atoms with Crippen LogP contribution in [0.4, 0.5) is 14.9 Å². The summed E-state index contributed by atoms with van der Waals surface area (Å²) in [5, 5.41) is 9.16. The van der Waals surface area contributed by atoms with E-state index in [0.717, 1.165) is 42.6 Å². The Balaban J connectivity index is 1.30. The molecule has 1 unspecified atom stereocenters.